The molecule has 1 fully saturated rings. The van der Waals surface area contributed by atoms with Crippen molar-refractivity contribution < 1.29 is 42.6 Å². The van der Waals surface area contributed by atoms with Gasteiger partial charge in [-0.05, 0) is 43.2 Å². The van der Waals surface area contributed by atoms with Gasteiger partial charge in [0.05, 0.1) is 31.6 Å². The molecule has 33 heavy (non-hydrogen) atoms. The molecule has 1 aliphatic rings. The molecule has 1 N–H and O–H groups in total. The summed E-state index contributed by atoms with van der Waals surface area (Å²) in [5, 5.41) is 2.46. The van der Waals surface area contributed by atoms with Crippen LogP contribution in [0.5, 0.6) is 0 Å². The number of likely N-dealkylation sites (tertiary alicyclic amines) is 1. The van der Waals surface area contributed by atoms with Gasteiger partial charge in [0.1, 0.15) is 6.04 Å². The predicted octanol–water partition coefficient (Wildman–Crippen LogP) is 1.64. The van der Waals surface area contributed by atoms with Gasteiger partial charge in [0.2, 0.25) is 0 Å². The number of esters is 3. The van der Waals surface area contributed by atoms with Crippen LogP contribution in [0.2, 0.25) is 0 Å². The lowest BCUT2D eigenvalue weighted by atomic mass is 10.1. The molecule has 1 aromatic heterocycles. The third-order valence-corrected chi connectivity index (χ3v) is 4.92. The van der Waals surface area contributed by atoms with Gasteiger partial charge in [0, 0.05) is 12.2 Å². The number of nitrogens with one attached hydrogen (secondary N) is 1. The standard InChI is InChI=1S/C22H22N2O9/c1-30-20(27)13-9-14(21(28)31-2)11-15(10-13)23-18(25)12-33-22(29)16-5-3-7-24(16)19(26)17-6-4-8-32-17/h4,6,8-11,16H,3,5,7,12H2,1-2H3,(H,23,25)/t16-/m0/s1. The fourth-order valence-corrected chi connectivity index (χ4v) is 3.40. The second kappa shape index (κ2) is 10.4. The molecule has 1 atom stereocenters. The van der Waals surface area contributed by atoms with Crippen LogP contribution in [0.25, 0.3) is 0 Å². The van der Waals surface area contributed by atoms with Gasteiger partial charge in [-0.2, -0.15) is 0 Å². The van der Waals surface area contributed by atoms with E-state index in [9.17, 15) is 24.0 Å². The monoisotopic (exact) mass is 458 g/mol. The highest BCUT2D eigenvalue weighted by molar-refractivity contribution is 6.00. The number of carbonyl (C=O) groups excluding carboxylic acids is 5. The highest BCUT2D eigenvalue weighted by Gasteiger charge is 2.36. The summed E-state index contributed by atoms with van der Waals surface area (Å²) >= 11 is 0. The zero-order valence-corrected chi connectivity index (χ0v) is 18.0. The van der Waals surface area contributed by atoms with E-state index in [0.29, 0.717) is 19.4 Å². The Kier molecular flexibility index (Phi) is 7.44. The van der Waals surface area contributed by atoms with E-state index in [1.54, 1.807) is 6.07 Å². The van der Waals surface area contributed by atoms with Crippen LogP contribution in [0.1, 0.15) is 44.1 Å². The van der Waals surface area contributed by atoms with Gasteiger partial charge in [-0.1, -0.05) is 0 Å². The fraction of sp³-hybridized carbons (Fsp3) is 0.318. The van der Waals surface area contributed by atoms with Crippen LogP contribution in [0, 0.1) is 0 Å². The minimum atomic E-state index is -0.830. The predicted molar refractivity (Wildman–Crippen MR) is 111 cm³/mol. The Balaban J connectivity index is 1.63. The van der Waals surface area contributed by atoms with Crippen LogP contribution < -0.4 is 5.32 Å². The fourth-order valence-electron chi connectivity index (χ4n) is 3.40. The summed E-state index contributed by atoms with van der Waals surface area (Å²) in [6, 6.07) is 6.11. The minimum absolute atomic E-state index is 0.0192. The van der Waals surface area contributed by atoms with Crippen molar-refractivity contribution in [2.75, 3.05) is 32.7 Å². The summed E-state index contributed by atoms with van der Waals surface area (Å²) in [5.74, 6) is -3.18. The van der Waals surface area contributed by atoms with Crippen LogP contribution in [0.15, 0.2) is 41.0 Å². The number of hydrogen-bond donors (Lipinski definition) is 1. The molecular formula is C22H22N2O9. The maximum Gasteiger partial charge on any atom is 0.337 e. The Bertz CT molecular complexity index is 1030. The first kappa shape index (κ1) is 23.5. The van der Waals surface area contributed by atoms with Crippen molar-refractivity contribution in [3.8, 4) is 0 Å². The van der Waals surface area contributed by atoms with Crippen molar-refractivity contribution in [3.05, 3.63) is 53.5 Å². The van der Waals surface area contributed by atoms with E-state index in [4.69, 9.17) is 9.15 Å². The second-order valence-corrected chi connectivity index (χ2v) is 7.07. The number of methoxy groups -OCH3 is 2. The van der Waals surface area contributed by atoms with Crippen LogP contribution in [-0.2, 0) is 23.8 Å². The first-order valence-corrected chi connectivity index (χ1v) is 9.96. The molecule has 2 heterocycles. The van der Waals surface area contributed by atoms with Gasteiger partial charge in [0.15, 0.2) is 12.4 Å². The van der Waals surface area contributed by atoms with Crippen LogP contribution in [0.4, 0.5) is 5.69 Å². The number of carbonyl (C=O) groups is 5. The van der Waals surface area contributed by atoms with Gasteiger partial charge < -0.3 is 28.8 Å². The van der Waals surface area contributed by atoms with Crippen molar-refractivity contribution in [1.29, 1.82) is 0 Å². The maximum absolute atomic E-state index is 12.5. The molecule has 174 valence electrons. The number of ether oxygens (including phenoxy) is 3. The number of furan rings is 1. The maximum atomic E-state index is 12.5. The lowest BCUT2D eigenvalue weighted by Gasteiger charge is -2.22. The topological polar surface area (TPSA) is 141 Å². The summed E-state index contributed by atoms with van der Waals surface area (Å²) in [6.07, 6.45) is 2.37. The number of amides is 2. The highest BCUT2D eigenvalue weighted by Crippen LogP contribution is 2.22. The molecule has 0 saturated carbocycles. The Labute approximate surface area is 188 Å². The van der Waals surface area contributed by atoms with Crippen molar-refractivity contribution in [1.82, 2.24) is 4.90 Å². The molecule has 11 heteroatoms. The first-order chi connectivity index (χ1) is 15.8. The summed E-state index contributed by atoms with van der Waals surface area (Å²) in [5.41, 5.74) is 0.145. The van der Waals surface area contributed by atoms with E-state index < -0.39 is 42.4 Å². The molecule has 2 aromatic rings. The third kappa shape index (κ3) is 5.56. The average Bonchev–Trinajstić information content (AvgIpc) is 3.53. The molecule has 0 spiro atoms. The van der Waals surface area contributed by atoms with Crippen LogP contribution in [0.3, 0.4) is 0 Å². The molecule has 11 nitrogen and oxygen atoms in total. The molecule has 1 saturated heterocycles. The zero-order valence-electron chi connectivity index (χ0n) is 18.0. The molecule has 0 bridgehead atoms. The number of hydrogen-bond acceptors (Lipinski definition) is 9. The molecule has 0 radical (unpaired) electrons. The van der Waals surface area contributed by atoms with Gasteiger partial charge in [0.25, 0.3) is 11.8 Å². The SMILES string of the molecule is COC(=O)c1cc(NC(=O)COC(=O)[C@@H]2CCCN2C(=O)c2ccco2)cc(C(=O)OC)c1. The Morgan fingerprint density at radius 2 is 1.73 bits per heavy atom. The van der Waals surface area contributed by atoms with E-state index in [0.717, 1.165) is 0 Å². The van der Waals surface area contributed by atoms with Gasteiger partial charge >= 0.3 is 17.9 Å². The van der Waals surface area contributed by atoms with Crippen molar-refractivity contribution in [2.45, 2.75) is 18.9 Å². The molecule has 0 aliphatic carbocycles. The number of anilines is 1. The number of benzene rings is 1. The van der Waals surface area contributed by atoms with Crippen molar-refractivity contribution in [2.24, 2.45) is 0 Å². The lowest BCUT2D eigenvalue weighted by molar-refractivity contribution is -0.151. The van der Waals surface area contributed by atoms with Gasteiger partial charge in [-0.15, -0.1) is 0 Å². The molecule has 0 unspecified atom stereocenters. The molecular weight excluding hydrogens is 436 g/mol. The molecule has 1 aliphatic heterocycles. The smallest absolute Gasteiger partial charge is 0.337 e. The van der Waals surface area contributed by atoms with Crippen molar-refractivity contribution >= 4 is 35.4 Å². The van der Waals surface area contributed by atoms with Crippen LogP contribution >= 0.6 is 0 Å². The largest absolute Gasteiger partial charge is 0.465 e. The lowest BCUT2D eigenvalue weighted by Crippen LogP contribution is -2.42. The summed E-state index contributed by atoms with van der Waals surface area (Å²) < 4.78 is 19.5. The van der Waals surface area contributed by atoms with E-state index in [2.05, 4.69) is 14.8 Å². The molecule has 2 amide bonds. The second-order valence-electron chi connectivity index (χ2n) is 7.07. The normalized spacial score (nSPS) is 15.0. The summed E-state index contributed by atoms with van der Waals surface area (Å²) in [7, 11) is 2.35. The van der Waals surface area contributed by atoms with E-state index >= 15 is 0 Å². The highest BCUT2D eigenvalue weighted by atomic mass is 16.5. The number of rotatable bonds is 7. The van der Waals surface area contributed by atoms with E-state index in [-0.39, 0.29) is 22.6 Å². The Hall–Kier alpha value is -4.15. The zero-order chi connectivity index (χ0) is 24.0. The van der Waals surface area contributed by atoms with Crippen LogP contribution in [-0.4, -0.2) is 68.0 Å². The molecule has 3 rings (SSSR count). The van der Waals surface area contributed by atoms with Gasteiger partial charge in [-0.25, -0.2) is 14.4 Å². The van der Waals surface area contributed by atoms with Gasteiger partial charge in [-0.3, -0.25) is 9.59 Å². The number of nitrogens with zero attached hydrogens (tertiary/aromatic N) is 1. The Morgan fingerprint density at radius 3 is 2.30 bits per heavy atom. The summed E-state index contributed by atoms with van der Waals surface area (Å²) in [4.78, 5) is 62.4. The Morgan fingerprint density at radius 1 is 1.06 bits per heavy atom. The summed E-state index contributed by atoms with van der Waals surface area (Å²) in [6.45, 7) is -0.268. The first-order valence-electron chi connectivity index (χ1n) is 9.96. The van der Waals surface area contributed by atoms with Crippen molar-refractivity contribution in [3.63, 3.8) is 0 Å². The van der Waals surface area contributed by atoms with E-state index in [1.165, 1.54) is 49.6 Å². The minimum Gasteiger partial charge on any atom is -0.465 e. The van der Waals surface area contributed by atoms with E-state index in [1.807, 2.05) is 0 Å². The molecule has 1 aromatic carbocycles. The quantitative estimate of drug-likeness (QED) is 0.484. The third-order valence-electron chi connectivity index (χ3n) is 4.92. The average molecular weight is 458 g/mol.